The topological polar surface area (TPSA) is 30.7 Å². The van der Waals surface area contributed by atoms with Crippen LogP contribution in [0.2, 0.25) is 0 Å². The number of aromatic nitrogens is 3. The van der Waals surface area contributed by atoms with Crippen molar-refractivity contribution in [3.8, 4) is 39.3 Å². The van der Waals surface area contributed by atoms with Crippen molar-refractivity contribution in [1.29, 1.82) is 0 Å². The molecule has 6 aromatic rings. The number of hydrogen-bond donors (Lipinski definition) is 0. The fourth-order valence-corrected chi connectivity index (χ4v) is 5.68. The maximum Gasteiger partial charge on any atom is 0.144 e. The van der Waals surface area contributed by atoms with Gasteiger partial charge in [0.15, 0.2) is 0 Å². The lowest BCUT2D eigenvalue weighted by molar-refractivity contribution is 0.666. The first-order valence-electron chi connectivity index (χ1n) is 13.1. The molecule has 3 heterocycles. The summed E-state index contributed by atoms with van der Waals surface area (Å²) in [5.41, 5.74) is 11.7. The third kappa shape index (κ3) is 3.93. The summed E-state index contributed by atoms with van der Waals surface area (Å²) in [5.74, 6) is 0. The van der Waals surface area contributed by atoms with Gasteiger partial charge in [0.25, 0.3) is 0 Å². The van der Waals surface area contributed by atoms with Crippen LogP contribution >= 0.6 is 0 Å². The number of rotatable bonds is 4. The highest BCUT2D eigenvalue weighted by atomic mass is 15.1. The molecule has 0 saturated heterocycles. The summed E-state index contributed by atoms with van der Waals surface area (Å²) in [6.07, 6.45) is 6.63. The average Bonchev–Trinajstić information content (AvgIpc) is 3.32. The predicted octanol–water partition coefficient (Wildman–Crippen LogP) is 8.30. The number of benzene rings is 3. The van der Waals surface area contributed by atoms with Gasteiger partial charge in [0.2, 0.25) is 0 Å². The maximum absolute atomic E-state index is 5.06. The third-order valence-electron chi connectivity index (χ3n) is 7.43. The van der Waals surface area contributed by atoms with Crippen LogP contribution in [0.5, 0.6) is 0 Å². The first kappa shape index (κ1) is 21.8. The molecule has 178 valence electrons. The van der Waals surface area contributed by atoms with Gasteiger partial charge in [-0.25, -0.2) is 9.97 Å². The molecule has 1 aliphatic carbocycles. The van der Waals surface area contributed by atoms with E-state index in [1.165, 1.54) is 40.7 Å². The Labute approximate surface area is 217 Å². The van der Waals surface area contributed by atoms with Crippen LogP contribution in [0.4, 0.5) is 0 Å². The van der Waals surface area contributed by atoms with E-state index in [1.807, 2.05) is 18.3 Å². The van der Waals surface area contributed by atoms with Crippen molar-refractivity contribution in [1.82, 2.24) is 14.5 Å². The molecule has 0 unspecified atom stereocenters. The van der Waals surface area contributed by atoms with Crippen molar-refractivity contribution < 1.29 is 0 Å². The second kappa shape index (κ2) is 9.18. The summed E-state index contributed by atoms with van der Waals surface area (Å²) in [6, 6.07) is 38.5. The number of fused-ring (bicyclic) bond motifs is 3. The first-order chi connectivity index (χ1) is 18.3. The van der Waals surface area contributed by atoms with Gasteiger partial charge in [0.05, 0.1) is 11.4 Å². The van der Waals surface area contributed by atoms with Gasteiger partial charge in [-0.3, -0.25) is 4.57 Å². The molecule has 7 rings (SSSR count). The SMILES string of the molecule is c1ccc(-c2cc(-c3cccc(-n4c5c(c6cccnc64)CCCC5)c3)cc(-c3ccccc3)n2)cc1. The standard InChI is InChI=1S/C34H27N3/c1-3-11-24(12-4-1)31-22-27(23-32(36-31)25-13-5-2-6-14-25)26-15-9-16-28(21-26)37-33-19-8-7-17-29(33)30-18-10-20-35-34(30)37/h1-6,9-16,18,20-23H,7-8,17,19H2. The van der Waals surface area contributed by atoms with E-state index in [2.05, 4.69) is 102 Å². The monoisotopic (exact) mass is 477 g/mol. The van der Waals surface area contributed by atoms with Gasteiger partial charge in [0.1, 0.15) is 5.65 Å². The smallest absolute Gasteiger partial charge is 0.144 e. The highest BCUT2D eigenvalue weighted by molar-refractivity contribution is 5.85. The van der Waals surface area contributed by atoms with Gasteiger partial charge >= 0.3 is 0 Å². The fraction of sp³-hybridized carbons (Fsp3) is 0.118. The van der Waals surface area contributed by atoms with E-state index < -0.39 is 0 Å². The van der Waals surface area contributed by atoms with Crippen molar-refractivity contribution in [2.75, 3.05) is 0 Å². The molecule has 3 aromatic heterocycles. The van der Waals surface area contributed by atoms with Crippen LogP contribution < -0.4 is 0 Å². The zero-order chi connectivity index (χ0) is 24.6. The highest BCUT2D eigenvalue weighted by Crippen LogP contribution is 2.36. The molecule has 0 fully saturated rings. The Morgan fingerprint density at radius 2 is 1.24 bits per heavy atom. The Morgan fingerprint density at radius 3 is 1.97 bits per heavy atom. The molecule has 0 radical (unpaired) electrons. The average molecular weight is 478 g/mol. The molecule has 3 nitrogen and oxygen atoms in total. The quantitative estimate of drug-likeness (QED) is 0.256. The Hall–Kier alpha value is -4.50. The normalized spacial score (nSPS) is 13.0. The van der Waals surface area contributed by atoms with Crippen molar-refractivity contribution in [3.63, 3.8) is 0 Å². The molecule has 37 heavy (non-hydrogen) atoms. The zero-order valence-corrected chi connectivity index (χ0v) is 20.6. The van der Waals surface area contributed by atoms with E-state index in [0.29, 0.717) is 0 Å². The van der Waals surface area contributed by atoms with Crippen LogP contribution in [0, 0.1) is 0 Å². The van der Waals surface area contributed by atoms with Crippen molar-refractivity contribution >= 4 is 11.0 Å². The summed E-state index contributed by atoms with van der Waals surface area (Å²) in [4.78, 5) is 9.88. The van der Waals surface area contributed by atoms with Gasteiger partial charge in [0, 0.05) is 34.1 Å². The van der Waals surface area contributed by atoms with E-state index in [-0.39, 0.29) is 0 Å². The summed E-state index contributed by atoms with van der Waals surface area (Å²) in [6.45, 7) is 0. The number of pyridine rings is 2. The van der Waals surface area contributed by atoms with Gasteiger partial charge in [-0.1, -0.05) is 72.8 Å². The molecule has 0 aliphatic heterocycles. The van der Waals surface area contributed by atoms with Crippen molar-refractivity contribution in [2.45, 2.75) is 25.7 Å². The van der Waals surface area contributed by atoms with Gasteiger partial charge < -0.3 is 0 Å². The van der Waals surface area contributed by atoms with Crippen LogP contribution in [0.15, 0.2) is 115 Å². The lowest BCUT2D eigenvalue weighted by Crippen LogP contribution is -2.07. The minimum atomic E-state index is 0.979. The van der Waals surface area contributed by atoms with E-state index in [4.69, 9.17) is 9.97 Å². The summed E-state index contributed by atoms with van der Waals surface area (Å²) < 4.78 is 2.39. The molecule has 0 spiro atoms. The lowest BCUT2D eigenvalue weighted by atomic mass is 9.96. The number of nitrogens with zero attached hydrogens (tertiary/aromatic N) is 3. The molecular formula is C34H27N3. The third-order valence-corrected chi connectivity index (χ3v) is 7.43. The molecular weight excluding hydrogens is 450 g/mol. The van der Waals surface area contributed by atoms with Gasteiger partial charge in [-0.15, -0.1) is 0 Å². The first-order valence-corrected chi connectivity index (χ1v) is 13.1. The molecule has 0 amide bonds. The Kier molecular flexibility index (Phi) is 5.40. The fourth-order valence-electron chi connectivity index (χ4n) is 5.68. The summed E-state index contributed by atoms with van der Waals surface area (Å²) in [5, 5.41) is 1.30. The second-order valence-corrected chi connectivity index (χ2v) is 9.75. The Bertz CT molecular complexity index is 1660. The number of hydrogen-bond acceptors (Lipinski definition) is 2. The maximum atomic E-state index is 5.06. The zero-order valence-electron chi connectivity index (χ0n) is 20.6. The van der Waals surface area contributed by atoms with Crippen LogP contribution in [-0.2, 0) is 12.8 Å². The summed E-state index contributed by atoms with van der Waals surface area (Å²) >= 11 is 0. The van der Waals surface area contributed by atoms with Gasteiger partial charge in [-0.05, 0) is 78.8 Å². The molecule has 3 heteroatoms. The van der Waals surface area contributed by atoms with Crippen LogP contribution in [0.1, 0.15) is 24.1 Å². The second-order valence-electron chi connectivity index (χ2n) is 9.75. The van der Waals surface area contributed by atoms with Crippen molar-refractivity contribution in [3.05, 3.63) is 127 Å². The number of aryl methyl sites for hydroxylation is 1. The van der Waals surface area contributed by atoms with Gasteiger partial charge in [-0.2, -0.15) is 0 Å². The van der Waals surface area contributed by atoms with E-state index in [9.17, 15) is 0 Å². The lowest BCUT2D eigenvalue weighted by Gasteiger charge is -2.17. The van der Waals surface area contributed by atoms with E-state index in [1.54, 1.807) is 0 Å². The predicted molar refractivity (Wildman–Crippen MR) is 152 cm³/mol. The van der Waals surface area contributed by atoms with Crippen molar-refractivity contribution in [2.24, 2.45) is 0 Å². The molecule has 0 bridgehead atoms. The molecule has 3 aromatic carbocycles. The minimum absolute atomic E-state index is 0.979. The van der Waals surface area contributed by atoms with E-state index in [0.717, 1.165) is 46.6 Å². The minimum Gasteiger partial charge on any atom is -0.298 e. The molecule has 0 N–H and O–H groups in total. The highest BCUT2D eigenvalue weighted by Gasteiger charge is 2.21. The largest absolute Gasteiger partial charge is 0.298 e. The summed E-state index contributed by atoms with van der Waals surface area (Å²) in [7, 11) is 0. The molecule has 0 atom stereocenters. The Morgan fingerprint density at radius 1 is 0.568 bits per heavy atom. The Balaban J connectivity index is 1.41. The molecule has 0 saturated carbocycles. The van der Waals surface area contributed by atoms with Crippen LogP contribution in [-0.4, -0.2) is 14.5 Å². The van der Waals surface area contributed by atoms with Crippen LogP contribution in [0.3, 0.4) is 0 Å². The molecule has 1 aliphatic rings. The van der Waals surface area contributed by atoms with E-state index >= 15 is 0 Å². The van der Waals surface area contributed by atoms with Crippen LogP contribution in [0.25, 0.3) is 50.4 Å².